The summed E-state index contributed by atoms with van der Waals surface area (Å²) in [6.45, 7) is 5.52. The van der Waals surface area contributed by atoms with Gasteiger partial charge in [0.2, 0.25) is 0 Å². The van der Waals surface area contributed by atoms with Crippen LogP contribution in [0, 0.1) is 0 Å². The molecule has 0 saturated heterocycles. The number of halogens is 2. The standard InChI is InChI=1S/C24H21BrClNO/c1-3-14-27(2)16-17-4-6-18(7-5-17)19-8-10-20(11-9-19)24(28)22-13-12-21(26)15-23(22)25/h3-13,15H,1,14,16H2,2H3. The molecule has 3 aromatic carbocycles. The number of carbonyl (C=O) groups is 1. The number of ketones is 1. The van der Waals surface area contributed by atoms with Gasteiger partial charge in [0, 0.05) is 33.7 Å². The summed E-state index contributed by atoms with van der Waals surface area (Å²) in [6, 6.07) is 21.4. The summed E-state index contributed by atoms with van der Waals surface area (Å²) in [5, 5.41) is 0.595. The van der Waals surface area contributed by atoms with Crippen LogP contribution in [0.1, 0.15) is 21.5 Å². The molecular formula is C24H21BrClNO. The van der Waals surface area contributed by atoms with Crippen LogP contribution in [0.15, 0.2) is 83.9 Å². The minimum absolute atomic E-state index is 0.0318. The van der Waals surface area contributed by atoms with Crippen LogP contribution in [-0.2, 0) is 6.54 Å². The van der Waals surface area contributed by atoms with Crippen LogP contribution in [0.2, 0.25) is 5.02 Å². The van der Waals surface area contributed by atoms with Crippen molar-refractivity contribution in [2.45, 2.75) is 6.54 Å². The van der Waals surface area contributed by atoms with Gasteiger partial charge in [0.25, 0.3) is 0 Å². The molecule has 0 atom stereocenters. The van der Waals surface area contributed by atoms with E-state index in [9.17, 15) is 4.79 Å². The summed E-state index contributed by atoms with van der Waals surface area (Å²) in [5.74, 6) is -0.0318. The topological polar surface area (TPSA) is 20.3 Å². The molecule has 142 valence electrons. The van der Waals surface area contributed by atoms with E-state index in [1.54, 1.807) is 18.2 Å². The van der Waals surface area contributed by atoms with E-state index in [-0.39, 0.29) is 5.78 Å². The average Bonchev–Trinajstić information content (AvgIpc) is 2.68. The van der Waals surface area contributed by atoms with Gasteiger partial charge < -0.3 is 0 Å². The molecule has 0 aromatic heterocycles. The maximum Gasteiger partial charge on any atom is 0.194 e. The van der Waals surface area contributed by atoms with Gasteiger partial charge in [-0.2, -0.15) is 0 Å². The van der Waals surface area contributed by atoms with Crippen LogP contribution in [0.5, 0.6) is 0 Å². The smallest absolute Gasteiger partial charge is 0.194 e. The molecule has 3 rings (SSSR count). The summed E-state index contributed by atoms with van der Waals surface area (Å²) < 4.78 is 0.700. The Morgan fingerprint density at radius 2 is 1.64 bits per heavy atom. The Kier molecular flexibility index (Phi) is 6.84. The molecule has 3 aromatic rings. The van der Waals surface area contributed by atoms with Gasteiger partial charge in [-0.25, -0.2) is 0 Å². The van der Waals surface area contributed by atoms with E-state index in [1.165, 1.54) is 5.56 Å². The van der Waals surface area contributed by atoms with E-state index in [4.69, 9.17) is 11.6 Å². The maximum absolute atomic E-state index is 12.7. The first-order valence-corrected chi connectivity index (χ1v) is 10.1. The molecule has 4 heteroatoms. The van der Waals surface area contributed by atoms with Crippen molar-refractivity contribution in [2.24, 2.45) is 0 Å². The lowest BCUT2D eigenvalue weighted by atomic mass is 9.99. The second kappa shape index (κ2) is 9.33. The monoisotopic (exact) mass is 453 g/mol. The molecule has 0 N–H and O–H groups in total. The quantitative estimate of drug-likeness (QED) is 0.295. The number of rotatable bonds is 7. The molecule has 0 heterocycles. The van der Waals surface area contributed by atoms with Gasteiger partial charge in [-0.1, -0.05) is 66.2 Å². The highest BCUT2D eigenvalue weighted by molar-refractivity contribution is 9.10. The molecular weight excluding hydrogens is 434 g/mol. The fourth-order valence-corrected chi connectivity index (χ4v) is 3.91. The summed E-state index contributed by atoms with van der Waals surface area (Å²) >= 11 is 9.38. The number of nitrogens with zero attached hydrogens (tertiary/aromatic N) is 1. The van der Waals surface area contributed by atoms with Crippen LogP contribution < -0.4 is 0 Å². The number of carbonyl (C=O) groups excluding carboxylic acids is 1. The van der Waals surface area contributed by atoms with E-state index >= 15 is 0 Å². The van der Waals surface area contributed by atoms with Crippen LogP contribution >= 0.6 is 27.5 Å². The number of hydrogen-bond acceptors (Lipinski definition) is 2. The highest BCUT2D eigenvalue weighted by Crippen LogP contribution is 2.26. The lowest BCUT2D eigenvalue weighted by molar-refractivity contribution is 0.103. The minimum atomic E-state index is -0.0318. The average molecular weight is 455 g/mol. The lowest BCUT2D eigenvalue weighted by Crippen LogP contribution is -2.17. The first kappa shape index (κ1) is 20.5. The van der Waals surface area contributed by atoms with Crippen molar-refractivity contribution in [2.75, 3.05) is 13.6 Å². The molecule has 0 aliphatic rings. The number of benzene rings is 3. The molecule has 0 saturated carbocycles. The zero-order valence-corrected chi connectivity index (χ0v) is 18.0. The van der Waals surface area contributed by atoms with Gasteiger partial charge in [0.05, 0.1) is 0 Å². The molecule has 0 aliphatic carbocycles. The maximum atomic E-state index is 12.7. The Balaban J connectivity index is 1.75. The summed E-state index contributed by atoms with van der Waals surface area (Å²) in [6.07, 6.45) is 1.90. The lowest BCUT2D eigenvalue weighted by Gasteiger charge is -2.14. The zero-order valence-electron chi connectivity index (χ0n) is 15.7. The molecule has 0 aliphatic heterocycles. The Hall–Kier alpha value is -2.20. The first-order chi connectivity index (χ1) is 13.5. The minimum Gasteiger partial charge on any atom is -0.298 e. The van der Waals surface area contributed by atoms with E-state index in [2.05, 4.69) is 58.7 Å². The van der Waals surface area contributed by atoms with Crippen molar-refractivity contribution in [3.63, 3.8) is 0 Å². The van der Waals surface area contributed by atoms with Crippen molar-refractivity contribution < 1.29 is 4.79 Å². The summed E-state index contributed by atoms with van der Waals surface area (Å²) in [4.78, 5) is 14.9. The molecule has 0 bridgehead atoms. The number of likely N-dealkylation sites (N-methyl/N-ethyl adjacent to an activating group) is 1. The van der Waals surface area contributed by atoms with Crippen molar-refractivity contribution in [1.82, 2.24) is 4.90 Å². The predicted molar refractivity (Wildman–Crippen MR) is 121 cm³/mol. The first-order valence-electron chi connectivity index (χ1n) is 8.96. The predicted octanol–water partition coefficient (Wildman–Crippen LogP) is 6.62. The molecule has 0 spiro atoms. The second-order valence-electron chi connectivity index (χ2n) is 6.71. The highest BCUT2D eigenvalue weighted by Gasteiger charge is 2.13. The molecule has 2 nitrogen and oxygen atoms in total. The normalized spacial score (nSPS) is 10.9. The zero-order chi connectivity index (χ0) is 20.1. The van der Waals surface area contributed by atoms with E-state index in [0.717, 1.165) is 24.2 Å². The van der Waals surface area contributed by atoms with Gasteiger partial charge in [-0.05, 0) is 57.9 Å². The largest absolute Gasteiger partial charge is 0.298 e. The van der Waals surface area contributed by atoms with E-state index in [1.807, 2.05) is 30.3 Å². The molecule has 0 unspecified atom stereocenters. The highest BCUT2D eigenvalue weighted by atomic mass is 79.9. The van der Waals surface area contributed by atoms with Crippen molar-refractivity contribution >= 4 is 33.3 Å². The third-order valence-corrected chi connectivity index (χ3v) is 5.39. The van der Waals surface area contributed by atoms with E-state index < -0.39 is 0 Å². The Bertz CT molecular complexity index is 980. The number of hydrogen-bond donors (Lipinski definition) is 0. The van der Waals surface area contributed by atoms with Crippen molar-refractivity contribution in [3.8, 4) is 11.1 Å². The van der Waals surface area contributed by atoms with Gasteiger partial charge in [0.15, 0.2) is 5.78 Å². The summed E-state index contributed by atoms with van der Waals surface area (Å²) in [7, 11) is 2.07. The second-order valence-corrected chi connectivity index (χ2v) is 8.00. The van der Waals surface area contributed by atoms with Gasteiger partial charge >= 0.3 is 0 Å². The van der Waals surface area contributed by atoms with Crippen LogP contribution in [0.3, 0.4) is 0 Å². The SMILES string of the molecule is C=CCN(C)Cc1ccc(-c2ccc(C(=O)c3ccc(Cl)cc3Br)cc2)cc1. The summed E-state index contributed by atoms with van der Waals surface area (Å²) in [5.41, 5.74) is 4.71. The molecule has 0 radical (unpaired) electrons. The third kappa shape index (κ3) is 4.99. The van der Waals surface area contributed by atoms with Crippen molar-refractivity contribution in [1.29, 1.82) is 0 Å². The van der Waals surface area contributed by atoms with Gasteiger partial charge in [-0.3, -0.25) is 9.69 Å². The van der Waals surface area contributed by atoms with Crippen LogP contribution in [0.4, 0.5) is 0 Å². The van der Waals surface area contributed by atoms with E-state index in [0.29, 0.717) is 20.6 Å². The third-order valence-electron chi connectivity index (χ3n) is 4.50. The van der Waals surface area contributed by atoms with Crippen LogP contribution in [0.25, 0.3) is 11.1 Å². The van der Waals surface area contributed by atoms with Crippen LogP contribution in [-0.4, -0.2) is 24.3 Å². The van der Waals surface area contributed by atoms with Crippen molar-refractivity contribution in [3.05, 3.63) is 106 Å². The Morgan fingerprint density at radius 1 is 1.04 bits per heavy atom. The Morgan fingerprint density at radius 3 is 2.21 bits per heavy atom. The fourth-order valence-electron chi connectivity index (χ4n) is 3.04. The Labute approximate surface area is 179 Å². The molecule has 0 fully saturated rings. The molecule has 0 amide bonds. The fraction of sp³-hybridized carbons (Fsp3) is 0.125. The van der Waals surface area contributed by atoms with Gasteiger partial charge in [-0.15, -0.1) is 6.58 Å². The molecule has 28 heavy (non-hydrogen) atoms. The van der Waals surface area contributed by atoms with Gasteiger partial charge in [0.1, 0.15) is 0 Å².